The summed E-state index contributed by atoms with van der Waals surface area (Å²) >= 11 is 3.60. The van der Waals surface area contributed by atoms with Gasteiger partial charge in [0.2, 0.25) is 5.95 Å². The molecule has 1 aromatic heterocycles. The van der Waals surface area contributed by atoms with E-state index in [1.807, 2.05) is 77.1 Å². The molecular formula is C26H33BrN4O3. The molecule has 182 valence electrons. The molecule has 1 aliphatic rings. The second-order valence-corrected chi connectivity index (χ2v) is 9.67. The summed E-state index contributed by atoms with van der Waals surface area (Å²) in [6.45, 7) is 10.9. The SMILES string of the molecule is CC.CC(C)(C)OC(=O)N1CCC(Oc2cc3nc(Nc4ccccc4)ncc3cc2Br)CC1. The molecule has 1 aliphatic heterocycles. The number of nitrogens with one attached hydrogen (secondary N) is 1. The lowest BCUT2D eigenvalue weighted by molar-refractivity contribution is 0.0126. The van der Waals surface area contributed by atoms with Crippen LogP contribution in [0.2, 0.25) is 0 Å². The number of aromatic nitrogens is 2. The van der Waals surface area contributed by atoms with Crippen LogP contribution in [0.4, 0.5) is 16.4 Å². The number of piperidine rings is 1. The highest BCUT2D eigenvalue weighted by atomic mass is 79.9. The summed E-state index contributed by atoms with van der Waals surface area (Å²) < 4.78 is 12.6. The molecule has 4 rings (SSSR count). The van der Waals surface area contributed by atoms with E-state index in [0.717, 1.165) is 39.7 Å². The van der Waals surface area contributed by atoms with Crippen LogP contribution in [0.1, 0.15) is 47.5 Å². The number of para-hydroxylation sites is 1. The molecule has 0 unspecified atom stereocenters. The summed E-state index contributed by atoms with van der Waals surface area (Å²) in [7, 11) is 0. The fourth-order valence-corrected chi connectivity index (χ4v) is 3.95. The number of amides is 1. The number of hydrogen-bond acceptors (Lipinski definition) is 6. The van der Waals surface area contributed by atoms with Crippen LogP contribution in [-0.4, -0.2) is 45.8 Å². The lowest BCUT2D eigenvalue weighted by Gasteiger charge is -2.33. The molecule has 0 saturated carbocycles. The predicted octanol–water partition coefficient (Wildman–Crippen LogP) is 6.94. The normalized spacial score (nSPS) is 14.2. The van der Waals surface area contributed by atoms with Crippen molar-refractivity contribution in [3.8, 4) is 5.75 Å². The first-order valence-electron chi connectivity index (χ1n) is 11.7. The van der Waals surface area contributed by atoms with Crippen molar-refractivity contribution in [2.45, 2.75) is 59.2 Å². The molecule has 8 heteroatoms. The summed E-state index contributed by atoms with van der Waals surface area (Å²) in [5, 5.41) is 4.14. The molecule has 0 aliphatic carbocycles. The van der Waals surface area contributed by atoms with Gasteiger partial charge in [0, 0.05) is 49.3 Å². The van der Waals surface area contributed by atoms with Crippen LogP contribution in [0.5, 0.6) is 5.75 Å². The average Bonchev–Trinajstić information content (AvgIpc) is 2.81. The van der Waals surface area contributed by atoms with E-state index in [4.69, 9.17) is 9.47 Å². The Kier molecular flexibility index (Phi) is 8.72. The van der Waals surface area contributed by atoms with Crippen molar-refractivity contribution < 1.29 is 14.3 Å². The second kappa shape index (κ2) is 11.5. The minimum atomic E-state index is -0.490. The maximum atomic E-state index is 12.3. The molecule has 1 amide bonds. The number of ether oxygens (including phenoxy) is 2. The number of hydrogen-bond donors (Lipinski definition) is 1. The van der Waals surface area contributed by atoms with E-state index in [-0.39, 0.29) is 12.2 Å². The Labute approximate surface area is 210 Å². The first kappa shape index (κ1) is 25.7. The van der Waals surface area contributed by atoms with Crippen LogP contribution in [0, 0.1) is 0 Å². The van der Waals surface area contributed by atoms with Crippen LogP contribution >= 0.6 is 15.9 Å². The standard InChI is InChI=1S/C24H27BrN4O3.C2H6/c1-24(2,3)32-23(30)29-11-9-18(10-12-29)31-21-14-20-16(13-19(21)25)15-26-22(28-20)27-17-7-5-4-6-8-17;1-2/h4-8,13-15,18H,9-12H2,1-3H3,(H,26,27,28);1-2H3. The van der Waals surface area contributed by atoms with E-state index in [0.29, 0.717) is 19.0 Å². The fraction of sp³-hybridized carbons (Fsp3) is 0.423. The van der Waals surface area contributed by atoms with Crippen molar-refractivity contribution >= 4 is 44.6 Å². The number of carbonyl (C=O) groups is 1. The first-order chi connectivity index (χ1) is 16.3. The maximum Gasteiger partial charge on any atom is 0.410 e. The smallest absolute Gasteiger partial charge is 0.410 e. The number of benzene rings is 2. The topological polar surface area (TPSA) is 76.6 Å². The van der Waals surface area contributed by atoms with Gasteiger partial charge in [0.1, 0.15) is 17.5 Å². The molecule has 0 radical (unpaired) electrons. The predicted molar refractivity (Wildman–Crippen MR) is 140 cm³/mol. The number of rotatable bonds is 4. The summed E-state index contributed by atoms with van der Waals surface area (Å²) in [5.41, 5.74) is 1.23. The van der Waals surface area contributed by atoms with Gasteiger partial charge in [0.25, 0.3) is 0 Å². The highest BCUT2D eigenvalue weighted by molar-refractivity contribution is 9.10. The van der Waals surface area contributed by atoms with Crippen molar-refractivity contribution in [2.24, 2.45) is 0 Å². The van der Waals surface area contributed by atoms with Gasteiger partial charge < -0.3 is 19.7 Å². The van der Waals surface area contributed by atoms with Gasteiger partial charge in [0.15, 0.2) is 0 Å². The molecule has 0 atom stereocenters. The zero-order chi connectivity index (χ0) is 24.7. The number of nitrogens with zero attached hydrogens (tertiary/aromatic N) is 3. The van der Waals surface area contributed by atoms with Gasteiger partial charge in [-0.15, -0.1) is 0 Å². The Balaban J connectivity index is 0.00000158. The number of carbonyl (C=O) groups excluding carboxylic acids is 1. The van der Waals surface area contributed by atoms with Crippen molar-refractivity contribution in [2.75, 3.05) is 18.4 Å². The molecule has 0 bridgehead atoms. The van der Waals surface area contributed by atoms with Gasteiger partial charge in [0.05, 0.1) is 9.99 Å². The molecule has 2 aromatic carbocycles. The highest BCUT2D eigenvalue weighted by Crippen LogP contribution is 2.32. The Bertz CT molecular complexity index is 1090. The number of likely N-dealkylation sites (tertiary alicyclic amines) is 1. The molecule has 7 nitrogen and oxygen atoms in total. The summed E-state index contributed by atoms with van der Waals surface area (Å²) in [6.07, 6.45) is 3.04. The van der Waals surface area contributed by atoms with Gasteiger partial charge in [-0.1, -0.05) is 32.0 Å². The third kappa shape index (κ3) is 7.06. The highest BCUT2D eigenvalue weighted by Gasteiger charge is 2.28. The van der Waals surface area contributed by atoms with Gasteiger partial charge in [-0.05, 0) is 54.9 Å². The Morgan fingerprint density at radius 2 is 1.79 bits per heavy atom. The Morgan fingerprint density at radius 1 is 1.12 bits per heavy atom. The van der Waals surface area contributed by atoms with Crippen LogP contribution in [0.15, 0.2) is 53.1 Å². The third-order valence-corrected chi connectivity index (χ3v) is 5.67. The van der Waals surface area contributed by atoms with Crippen molar-refractivity contribution in [1.29, 1.82) is 0 Å². The van der Waals surface area contributed by atoms with Crippen LogP contribution in [0.25, 0.3) is 10.9 Å². The zero-order valence-corrected chi connectivity index (χ0v) is 22.1. The van der Waals surface area contributed by atoms with Crippen molar-refractivity contribution in [1.82, 2.24) is 14.9 Å². The minimum Gasteiger partial charge on any atom is -0.489 e. The number of anilines is 2. The second-order valence-electron chi connectivity index (χ2n) is 8.81. The molecule has 2 heterocycles. The number of fused-ring (bicyclic) bond motifs is 1. The van der Waals surface area contributed by atoms with Crippen LogP contribution in [-0.2, 0) is 4.74 Å². The van der Waals surface area contributed by atoms with Gasteiger partial charge >= 0.3 is 6.09 Å². The maximum absolute atomic E-state index is 12.3. The summed E-state index contributed by atoms with van der Waals surface area (Å²) in [5.74, 6) is 1.26. The lowest BCUT2D eigenvalue weighted by atomic mass is 10.1. The largest absolute Gasteiger partial charge is 0.489 e. The molecular weight excluding hydrogens is 496 g/mol. The third-order valence-electron chi connectivity index (χ3n) is 5.05. The minimum absolute atomic E-state index is 0.0196. The van der Waals surface area contributed by atoms with Crippen molar-refractivity contribution in [3.63, 3.8) is 0 Å². The van der Waals surface area contributed by atoms with Gasteiger partial charge in [-0.2, -0.15) is 0 Å². The Hall–Kier alpha value is -2.87. The van der Waals surface area contributed by atoms with E-state index < -0.39 is 5.60 Å². The molecule has 1 saturated heterocycles. The summed E-state index contributed by atoms with van der Waals surface area (Å²) in [4.78, 5) is 23.1. The monoisotopic (exact) mass is 528 g/mol. The molecule has 34 heavy (non-hydrogen) atoms. The van der Waals surface area contributed by atoms with Gasteiger partial charge in [-0.3, -0.25) is 0 Å². The summed E-state index contributed by atoms with van der Waals surface area (Å²) in [6, 6.07) is 13.7. The molecule has 1 fully saturated rings. The van der Waals surface area contributed by atoms with E-state index in [1.165, 1.54) is 0 Å². The quantitative estimate of drug-likeness (QED) is 0.395. The average molecular weight is 529 g/mol. The van der Waals surface area contributed by atoms with Crippen LogP contribution < -0.4 is 10.1 Å². The van der Waals surface area contributed by atoms with E-state index in [1.54, 1.807) is 11.1 Å². The van der Waals surface area contributed by atoms with Gasteiger partial charge in [-0.25, -0.2) is 14.8 Å². The molecule has 1 N–H and O–H groups in total. The first-order valence-corrected chi connectivity index (χ1v) is 12.5. The lowest BCUT2D eigenvalue weighted by Crippen LogP contribution is -2.44. The van der Waals surface area contributed by atoms with Crippen molar-refractivity contribution in [3.05, 3.63) is 53.1 Å². The molecule has 3 aromatic rings. The van der Waals surface area contributed by atoms with E-state index in [9.17, 15) is 4.79 Å². The number of halogens is 1. The van der Waals surface area contributed by atoms with E-state index in [2.05, 4.69) is 31.2 Å². The van der Waals surface area contributed by atoms with E-state index >= 15 is 0 Å². The fourth-order valence-electron chi connectivity index (χ4n) is 3.50. The Morgan fingerprint density at radius 3 is 2.44 bits per heavy atom. The zero-order valence-electron chi connectivity index (χ0n) is 20.5. The molecule has 0 spiro atoms. The van der Waals surface area contributed by atoms with Crippen LogP contribution in [0.3, 0.4) is 0 Å².